The molecule has 15 heavy (non-hydrogen) atoms. The molecule has 2 aromatic heterocycles. The van der Waals surface area contributed by atoms with Crippen molar-refractivity contribution in [2.45, 2.75) is 6.92 Å². The van der Waals surface area contributed by atoms with Crippen molar-refractivity contribution in [3.63, 3.8) is 0 Å². The molecular weight excluding hydrogens is 184 g/mol. The summed E-state index contributed by atoms with van der Waals surface area (Å²) >= 11 is 0. The van der Waals surface area contributed by atoms with Gasteiger partial charge in [-0.15, -0.1) is 0 Å². The smallest absolute Gasteiger partial charge is 0.0462 e. The number of aryl methyl sites for hydroxylation is 1. The zero-order valence-electron chi connectivity index (χ0n) is 8.54. The molecule has 0 unspecified atom stereocenters. The van der Waals surface area contributed by atoms with E-state index >= 15 is 0 Å². The highest BCUT2D eigenvalue weighted by Crippen LogP contribution is 2.31. The molecule has 1 aromatic carbocycles. The molecule has 0 radical (unpaired) electrons. The maximum absolute atomic E-state index is 3.40. The van der Waals surface area contributed by atoms with Gasteiger partial charge < -0.3 is 9.97 Å². The zero-order chi connectivity index (χ0) is 10.3. The van der Waals surface area contributed by atoms with Crippen molar-refractivity contribution in [1.82, 2.24) is 9.97 Å². The van der Waals surface area contributed by atoms with Crippen LogP contribution in [0.5, 0.6) is 0 Å². The summed E-state index contributed by atoms with van der Waals surface area (Å²) in [5.41, 5.74) is 4.96. The number of hydrogen-bond donors (Lipinski definition) is 2. The van der Waals surface area contributed by atoms with Gasteiger partial charge in [0.15, 0.2) is 0 Å². The summed E-state index contributed by atoms with van der Waals surface area (Å²) in [6.07, 6.45) is 3.99. The fraction of sp³-hybridized carbons (Fsp3) is 0.0769. The minimum atomic E-state index is 1.20. The minimum Gasteiger partial charge on any atom is -0.367 e. The van der Waals surface area contributed by atoms with Gasteiger partial charge in [-0.3, -0.25) is 0 Å². The maximum Gasteiger partial charge on any atom is 0.0462 e. The average Bonchev–Trinajstić information content (AvgIpc) is 2.82. The third-order valence-corrected chi connectivity index (χ3v) is 2.78. The van der Waals surface area contributed by atoms with Gasteiger partial charge in [-0.05, 0) is 19.1 Å². The number of aromatic nitrogens is 2. The molecular formula is C13H12N2. The molecule has 2 heteroatoms. The Bertz CT molecular complexity index is 588. The Kier molecular flexibility index (Phi) is 1.68. The van der Waals surface area contributed by atoms with Gasteiger partial charge in [0, 0.05) is 40.1 Å². The highest BCUT2D eigenvalue weighted by atomic mass is 14.7. The normalized spacial score (nSPS) is 11.0. The number of rotatable bonds is 1. The summed E-state index contributed by atoms with van der Waals surface area (Å²) < 4.78 is 0. The lowest BCUT2D eigenvalue weighted by Crippen LogP contribution is -1.75. The van der Waals surface area contributed by atoms with Crippen LogP contribution in [-0.2, 0) is 0 Å². The van der Waals surface area contributed by atoms with Crippen LogP contribution in [0.3, 0.4) is 0 Å². The van der Waals surface area contributed by atoms with Crippen molar-refractivity contribution < 1.29 is 0 Å². The number of H-pyrrole nitrogens is 2. The van der Waals surface area contributed by atoms with E-state index in [2.05, 4.69) is 47.2 Å². The standard InChI is InChI=1S/C13H12N2/c1-9-13(10-6-7-14-8-10)11-4-2-3-5-12(11)15-9/h2-8,14-15H,1H3. The molecule has 0 saturated carbocycles. The predicted molar refractivity (Wildman–Crippen MR) is 62.8 cm³/mol. The molecule has 0 aliphatic heterocycles. The van der Waals surface area contributed by atoms with Crippen molar-refractivity contribution >= 4 is 10.9 Å². The third kappa shape index (κ3) is 1.18. The highest BCUT2D eigenvalue weighted by Gasteiger charge is 2.09. The van der Waals surface area contributed by atoms with Crippen LogP contribution in [0.1, 0.15) is 5.69 Å². The molecule has 0 aliphatic rings. The molecule has 3 rings (SSSR count). The van der Waals surface area contributed by atoms with Crippen LogP contribution in [0.25, 0.3) is 22.0 Å². The second kappa shape index (κ2) is 3.02. The first-order chi connectivity index (χ1) is 7.36. The Morgan fingerprint density at radius 3 is 2.73 bits per heavy atom. The summed E-state index contributed by atoms with van der Waals surface area (Å²) in [5, 5.41) is 1.29. The molecule has 2 heterocycles. The number of aromatic amines is 2. The van der Waals surface area contributed by atoms with E-state index in [4.69, 9.17) is 0 Å². The Morgan fingerprint density at radius 1 is 1.07 bits per heavy atom. The van der Waals surface area contributed by atoms with Crippen molar-refractivity contribution in [2.24, 2.45) is 0 Å². The van der Waals surface area contributed by atoms with Crippen LogP contribution in [-0.4, -0.2) is 9.97 Å². The Balaban J connectivity index is 2.39. The van der Waals surface area contributed by atoms with E-state index in [0.717, 1.165) is 0 Å². The molecule has 0 saturated heterocycles. The summed E-state index contributed by atoms with van der Waals surface area (Å²) in [4.78, 5) is 6.50. The second-order valence-corrected chi connectivity index (χ2v) is 3.77. The van der Waals surface area contributed by atoms with E-state index in [1.54, 1.807) is 0 Å². The van der Waals surface area contributed by atoms with E-state index < -0.39 is 0 Å². The summed E-state index contributed by atoms with van der Waals surface area (Å²) in [6.45, 7) is 2.11. The van der Waals surface area contributed by atoms with Crippen molar-refractivity contribution in [3.8, 4) is 11.1 Å². The molecule has 2 N–H and O–H groups in total. The third-order valence-electron chi connectivity index (χ3n) is 2.78. The van der Waals surface area contributed by atoms with Crippen LogP contribution in [0.2, 0.25) is 0 Å². The molecule has 0 fully saturated rings. The van der Waals surface area contributed by atoms with Gasteiger partial charge in [0.2, 0.25) is 0 Å². The molecule has 2 nitrogen and oxygen atoms in total. The monoisotopic (exact) mass is 196 g/mol. The van der Waals surface area contributed by atoms with Gasteiger partial charge in [-0.25, -0.2) is 0 Å². The van der Waals surface area contributed by atoms with Gasteiger partial charge >= 0.3 is 0 Å². The number of hydrogen-bond acceptors (Lipinski definition) is 0. The quantitative estimate of drug-likeness (QED) is 0.597. The summed E-state index contributed by atoms with van der Waals surface area (Å²) in [5.74, 6) is 0. The Morgan fingerprint density at radius 2 is 1.93 bits per heavy atom. The van der Waals surface area contributed by atoms with Gasteiger partial charge in [0.25, 0.3) is 0 Å². The average molecular weight is 196 g/mol. The summed E-state index contributed by atoms with van der Waals surface area (Å²) in [6, 6.07) is 10.5. The van der Waals surface area contributed by atoms with E-state index in [-0.39, 0.29) is 0 Å². The number of nitrogens with one attached hydrogen (secondary N) is 2. The minimum absolute atomic E-state index is 1.20. The SMILES string of the molecule is Cc1[nH]c2ccccc2c1-c1cc[nH]c1. The van der Waals surface area contributed by atoms with Crippen LogP contribution in [0.4, 0.5) is 0 Å². The molecule has 74 valence electrons. The van der Waals surface area contributed by atoms with Gasteiger partial charge in [-0.1, -0.05) is 18.2 Å². The van der Waals surface area contributed by atoms with Crippen molar-refractivity contribution in [3.05, 3.63) is 48.4 Å². The highest BCUT2D eigenvalue weighted by molar-refractivity contribution is 5.97. The number of benzene rings is 1. The fourth-order valence-corrected chi connectivity index (χ4v) is 2.13. The number of para-hydroxylation sites is 1. The topological polar surface area (TPSA) is 31.6 Å². The maximum atomic E-state index is 3.40. The first-order valence-corrected chi connectivity index (χ1v) is 5.07. The lowest BCUT2D eigenvalue weighted by atomic mass is 10.1. The van der Waals surface area contributed by atoms with E-state index in [1.165, 1.54) is 27.7 Å². The first-order valence-electron chi connectivity index (χ1n) is 5.07. The van der Waals surface area contributed by atoms with E-state index in [0.29, 0.717) is 0 Å². The van der Waals surface area contributed by atoms with Gasteiger partial charge in [0.05, 0.1) is 0 Å². The molecule has 0 aliphatic carbocycles. The zero-order valence-corrected chi connectivity index (χ0v) is 8.54. The molecule has 0 atom stereocenters. The van der Waals surface area contributed by atoms with Crippen LogP contribution < -0.4 is 0 Å². The van der Waals surface area contributed by atoms with E-state index in [9.17, 15) is 0 Å². The van der Waals surface area contributed by atoms with Crippen LogP contribution in [0, 0.1) is 6.92 Å². The molecule has 0 amide bonds. The van der Waals surface area contributed by atoms with Gasteiger partial charge in [0.1, 0.15) is 0 Å². The second-order valence-electron chi connectivity index (χ2n) is 3.77. The first kappa shape index (κ1) is 8.36. The van der Waals surface area contributed by atoms with Crippen molar-refractivity contribution in [1.29, 1.82) is 0 Å². The summed E-state index contributed by atoms with van der Waals surface area (Å²) in [7, 11) is 0. The van der Waals surface area contributed by atoms with Crippen LogP contribution in [0.15, 0.2) is 42.7 Å². The molecule has 3 aromatic rings. The Labute approximate surface area is 88.0 Å². The van der Waals surface area contributed by atoms with E-state index in [1.807, 2.05) is 12.4 Å². The van der Waals surface area contributed by atoms with Gasteiger partial charge in [-0.2, -0.15) is 0 Å². The molecule has 0 spiro atoms. The lowest BCUT2D eigenvalue weighted by molar-refractivity contribution is 1.30. The predicted octanol–water partition coefficient (Wildman–Crippen LogP) is 3.47. The molecule has 0 bridgehead atoms. The Hall–Kier alpha value is -1.96. The van der Waals surface area contributed by atoms with Crippen molar-refractivity contribution in [2.75, 3.05) is 0 Å². The van der Waals surface area contributed by atoms with Crippen LogP contribution >= 0.6 is 0 Å². The lowest BCUT2D eigenvalue weighted by Gasteiger charge is -1.96. The fourth-order valence-electron chi connectivity index (χ4n) is 2.13. The number of fused-ring (bicyclic) bond motifs is 1. The largest absolute Gasteiger partial charge is 0.367 e.